The van der Waals surface area contributed by atoms with Crippen molar-refractivity contribution in [3.8, 4) is 22.5 Å². The molecule has 9 heteroatoms. The molecule has 0 fully saturated rings. The summed E-state index contributed by atoms with van der Waals surface area (Å²) in [5.41, 5.74) is 6.21. The van der Waals surface area contributed by atoms with Crippen molar-refractivity contribution in [3.05, 3.63) is 125 Å². The van der Waals surface area contributed by atoms with E-state index in [0.29, 0.717) is 50.0 Å². The molecule has 1 N–H and O–H groups in total. The maximum atomic E-state index is 12.1. The molecule has 0 amide bonds. The van der Waals surface area contributed by atoms with Gasteiger partial charge in [0.2, 0.25) is 0 Å². The van der Waals surface area contributed by atoms with Crippen molar-refractivity contribution < 1.29 is 27.3 Å². The Hall–Kier alpha value is -5.25. The second-order valence-electron chi connectivity index (χ2n) is 10.2. The van der Waals surface area contributed by atoms with Crippen LogP contribution in [0.2, 0.25) is 0 Å². The molecular weight excluding hydrogens is 564 g/mol. The van der Waals surface area contributed by atoms with Crippen molar-refractivity contribution in [3.63, 3.8) is 0 Å². The molecule has 0 unspecified atom stereocenters. The van der Waals surface area contributed by atoms with Gasteiger partial charge >= 0.3 is 0 Å². The zero-order valence-electron chi connectivity index (χ0n) is 23.1. The van der Waals surface area contributed by atoms with Crippen LogP contribution in [0.1, 0.15) is 21.5 Å². The Morgan fingerprint density at radius 1 is 0.814 bits per heavy atom. The first-order valence-electron chi connectivity index (χ1n) is 13.3. The van der Waals surface area contributed by atoms with Gasteiger partial charge in [-0.05, 0) is 85.1 Å². The number of aromatic carboxylic acids is 1. The average molecular weight is 589 g/mol. The van der Waals surface area contributed by atoms with E-state index in [4.69, 9.17) is 4.42 Å². The van der Waals surface area contributed by atoms with Gasteiger partial charge in [0.05, 0.1) is 21.9 Å². The van der Waals surface area contributed by atoms with Crippen LogP contribution in [-0.4, -0.2) is 18.9 Å². The first-order chi connectivity index (χ1) is 20.6. The van der Waals surface area contributed by atoms with Crippen molar-refractivity contribution in [1.29, 1.82) is 0 Å². The van der Waals surface area contributed by atoms with E-state index in [2.05, 4.69) is 10.3 Å². The summed E-state index contributed by atoms with van der Waals surface area (Å²) in [6, 6.07) is 29.6. The number of rotatable bonds is 6. The number of anilines is 2. The summed E-state index contributed by atoms with van der Waals surface area (Å²) in [6.07, 6.45) is 0. The van der Waals surface area contributed by atoms with E-state index in [1.165, 1.54) is 24.3 Å². The number of nitrogens with zero attached hydrogens (tertiary/aromatic N) is 1. The lowest BCUT2D eigenvalue weighted by Gasteiger charge is -2.19. The smallest absolute Gasteiger partial charge is 0.137 e. The van der Waals surface area contributed by atoms with Crippen LogP contribution in [0.25, 0.3) is 33.4 Å². The Bertz CT molecular complexity index is 2200. The highest BCUT2D eigenvalue weighted by molar-refractivity contribution is 7.85. The topological polar surface area (TPSA) is 135 Å². The number of fused-ring (bicyclic) bond motifs is 2. The van der Waals surface area contributed by atoms with E-state index in [0.717, 1.165) is 16.9 Å². The highest BCUT2D eigenvalue weighted by atomic mass is 32.2. The molecule has 0 radical (unpaired) electrons. The van der Waals surface area contributed by atoms with Crippen LogP contribution in [0.4, 0.5) is 17.1 Å². The summed E-state index contributed by atoms with van der Waals surface area (Å²) in [4.78, 5) is 16.4. The molecule has 43 heavy (non-hydrogen) atoms. The van der Waals surface area contributed by atoms with Gasteiger partial charge in [-0.1, -0.05) is 36.4 Å². The van der Waals surface area contributed by atoms with Gasteiger partial charge in [0.15, 0.2) is 0 Å². The highest BCUT2D eigenvalue weighted by Gasteiger charge is 2.20. The molecule has 0 saturated heterocycles. The van der Waals surface area contributed by atoms with Crippen LogP contribution in [0.15, 0.2) is 117 Å². The first kappa shape index (κ1) is 27.9. The number of hydrogen-bond donors (Lipinski definition) is 1. The minimum Gasteiger partial charge on any atom is -0.744 e. The van der Waals surface area contributed by atoms with Crippen LogP contribution in [0.5, 0.6) is 0 Å². The van der Waals surface area contributed by atoms with E-state index < -0.39 is 16.1 Å². The zero-order chi connectivity index (χ0) is 30.3. The normalized spacial score (nSPS) is 12.1. The number of nitrogens with one attached hydrogen (secondary N) is 1. The molecule has 0 atom stereocenters. The molecule has 1 aliphatic heterocycles. The summed E-state index contributed by atoms with van der Waals surface area (Å²) >= 11 is 0. The number of carboxylic acids is 1. The SMILES string of the molecule is Cc1cccc(Nc2ccc3c(-c4ccccc4C(=O)[O-])c4ccc(=Nc5ccc(S(=O)(=O)[O-])cc5C)cc-4oc3c2)c1. The third kappa shape index (κ3) is 5.63. The number of benzene rings is 5. The van der Waals surface area contributed by atoms with Gasteiger partial charge in [0.25, 0.3) is 0 Å². The Morgan fingerprint density at radius 3 is 2.35 bits per heavy atom. The van der Waals surface area contributed by atoms with E-state index in [9.17, 15) is 22.9 Å². The van der Waals surface area contributed by atoms with Crippen LogP contribution in [0, 0.1) is 13.8 Å². The average Bonchev–Trinajstić information content (AvgIpc) is 2.96. The fourth-order valence-corrected chi connectivity index (χ4v) is 5.69. The Kier molecular flexibility index (Phi) is 7.05. The Labute approximate surface area is 247 Å². The summed E-state index contributed by atoms with van der Waals surface area (Å²) in [5, 5.41) is 16.7. The molecule has 0 saturated carbocycles. The van der Waals surface area contributed by atoms with Gasteiger partial charge in [-0.2, -0.15) is 0 Å². The fraction of sp³-hybridized carbons (Fsp3) is 0.0588. The minimum absolute atomic E-state index is 0.0519. The van der Waals surface area contributed by atoms with Gasteiger partial charge in [-0.15, -0.1) is 0 Å². The molecule has 6 rings (SSSR count). The zero-order valence-corrected chi connectivity index (χ0v) is 23.9. The largest absolute Gasteiger partial charge is 0.744 e. The second kappa shape index (κ2) is 10.9. The predicted molar refractivity (Wildman–Crippen MR) is 161 cm³/mol. The van der Waals surface area contributed by atoms with Crippen LogP contribution in [0.3, 0.4) is 0 Å². The maximum absolute atomic E-state index is 12.1. The lowest BCUT2D eigenvalue weighted by Crippen LogP contribution is -2.23. The maximum Gasteiger partial charge on any atom is 0.137 e. The van der Waals surface area contributed by atoms with Gasteiger partial charge < -0.3 is 24.2 Å². The molecular formula is C34H24N2O6S-2. The molecule has 1 heterocycles. The van der Waals surface area contributed by atoms with Crippen LogP contribution >= 0.6 is 0 Å². The van der Waals surface area contributed by atoms with Gasteiger partial charge in [-0.3, -0.25) is 0 Å². The summed E-state index contributed by atoms with van der Waals surface area (Å²) < 4.78 is 40.7. The highest BCUT2D eigenvalue weighted by Crippen LogP contribution is 2.42. The molecule has 0 bridgehead atoms. The Morgan fingerprint density at radius 2 is 1.60 bits per heavy atom. The fourth-order valence-electron chi connectivity index (χ4n) is 5.13. The quantitative estimate of drug-likeness (QED) is 0.184. The Balaban J connectivity index is 1.57. The third-order valence-corrected chi connectivity index (χ3v) is 7.97. The van der Waals surface area contributed by atoms with Gasteiger partial charge in [0.1, 0.15) is 21.5 Å². The molecule has 4 aromatic carbocycles. The predicted octanol–water partition coefficient (Wildman–Crippen LogP) is 6.07. The lowest BCUT2D eigenvalue weighted by atomic mass is 9.90. The number of hydrogen-bond acceptors (Lipinski definition) is 8. The number of carboxylic acid groups (broad SMARTS) is 1. The monoisotopic (exact) mass is 588 g/mol. The van der Waals surface area contributed by atoms with Gasteiger partial charge in [0, 0.05) is 45.6 Å². The van der Waals surface area contributed by atoms with Gasteiger partial charge in [-0.25, -0.2) is 13.4 Å². The number of carbonyl (C=O) groups excluding carboxylic acids is 1. The van der Waals surface area contributed by atoms with Crippen molar-refractivity contribution in [1.82, 2.24) is 0 Å². The third-order valence-electron chi connectivity index (χ3n) is 7.13. The van der Waals surface area contributed by atoms with Crippen molar-refractivity contribution in [2.75, 3.05) is 5.32 Å². The van der Waals surface area contributed by atoms with Crippen molar-refractivity contribution in [2.45, 2.75) is 18.7 Å². The molecule has 8 nitrogen and oxygen atoms in total. The van der Waals surface area contributed by atoms with E-state index in [1.54, 1.807) is 37.3 Å². The number of aryl methyl sites for hydroxylation is 2. The molecule has 4 aromatic rings. The van der Waals surface area contributed by atoms with E-state index in [-0.39, 0.29) is 10.5 Å². The standard InChI is InChI=1S/C34H26N2O6S/c1-20-6-5-7-22(16-20)35-23-10-13-28-31(18-23)42-32-19-24(36-30-15-12-25(17-21(30)2)43(39,40)41)11-14-29(32)33(28)26-8-3-4-9-27(26)34(37)38/h3-19,35H,1-2H3,(H,37,38)(H,39,40,41)/p-2. The summed E-state index contributed by atoms with van der Waals surface area (Å²) in [7, 11) is -4.59. The van der Waals surface area contributed by atoms with Crippen LogP contribution < -0.4 is 15.8 Å². The first-order valence-corrected chi connectivity index (χ1v) is 14.7. The van der Waals surface area contributed by atoms with Crippen molar-refractivity contribution >= 4 is 44.1 Å². The molecule has 0 aromatic heterocycles. The summed E-state index contributed by atoms with van der Waals surface area (Å²) in [5.74, 6) is -0.831. The van der Waals surface area contributed by atoms with Crippen molar-refractivity contribution in [2.24, 2.45) is 4.99 Å². The number of carbonyl (C=O) groups is 1. The molecule has 214 valence electrons. The molecule has 0 spiro atoms. The van der Waals surface area contributed by atoms with E-state index in [1.807, 2.05) is 55.5 Å². The van der Waals surface area contributed by atoms with E-state index >= 15 is 0 Å². The summed E-state index contributed by atoms with van der Waals surface area (Å²) in [6.45, 7) is 3.68. The van der Waals surface area contributed by atoms with Crippen LogP contribution in [-0.2, 0) is 10.1 Å². The lowest BCUT2D eigenvalue weighted by molar-refractivity contribution is -0.254. The molecule has 1 aliphatic carbocycles. The minimum atomic E-state index is -4.59. The second-order valence-corrected chi connectivity index (χ2v) is 11.6. The molecule has 2 aliphatic rings.